The Labute approximate surface area is 198 Å². The Bertz CT molecular complexity index is 913. The predicted octanol–water partition coefficient (Wildman–Crippen LogP) is 5.57. The molecule has 1 atom stereocenters. The SMILES string of the molecule is CC[C@H](C(=O)NC(C)(C)C)N(Cc1ccccc1C)C(=O)CSCc1cc(C)cc(C)c1. The number of benzene rings is 2. The van der Waals surface area contributed by atoms with E-state index in [9.17, 15) is 9.59 Å². The molecule has 0 fully saturated rings. The average Bonchev–Trinajstić information content (AvgIpc) is 2.67. The summed E-state index contributed by atoms with van der Waals surface area (Å²) in [4.78, 5) is 28.2. The van der Waals surface area contributed by atoms with E-state index in [1.807, 2.05) is 58.9 Å². The van der Waals surface area contributed by atoms with E-state index in [4.69, 9.17) is 0 Å². The average molecular weight is 455 g/mol. The van der Waals surface area contributed by atoms with Crippen molar-refractivity contribution in [1.29, 1.82) is 0 Å². The lowest BCUT2D eigenvalue weighted by Gasteiger charge is -2.33. The molecule has 1 N–H and O–H groups in total. The van der Waals surface area contributed by atoms with Crippen LogP contribution in [0.3, 0.4) is 0 Å². The fourth-order valence-corrected chi connectivity index (χ4v) is 4.68. The minimum atomic E-state index is -0.497. The number of carbonyl (C=O) groups excluding carboxylic acids is 2. The molecule has 0 heterocycles. The Morgan fingerprint density at radius 2 is 1.66 bits per heavy atom. The Morgan fingerprint density at radius 3 is 2.22 bits per heavy atom. The van der Waals surface area contributed by atoms with Crippen molar-refractivity contribution in [2.24, 2.45) is 0 Å². The number of aryl methyl sites for hydroxylation is 3. The normalized spacial score (nSPS) is 12.3. The van der Waals surface area contributed by atoms with Gasteiger partial charge >= 0.3 is 0 Å². The van der Waals surface area contributed by atoms with Crippen molar-refractivity contribution in [1.82, 2.24) is 10.2 Å². The van der Waals surface area contributed by atoms with Gasteiger partial charge in [-0.15, -0.1) is 11.8 Å². The Hall–Kier alpha value is -2.27. The zero-order valence-corrected chi connectivity index (χ0v) is 21.4. The van der Waals surface area contributed by atoms with Crippen molar-refractivity contribution < 1.29 is 9.59 Å². The van der Waals surface area contributed by atoms with Gasteiger partial charge in [-0.25, -0.2) is 0 Å². The maximum Gasteiger partial charge on any atom is 0.243 e. The molecule has 0 radical (unpaired) electrons. The molecular formula is C27H38N2O2S. The lowest BCUT2D eigenvalue weighted by molar-refractivity contribution is -0.140. The molecular weight excluding hydrogens is 416 g/mol. The molecule has 0 spiro atoms. The van der Waals surface area contributed by atoms with Crippen LogP contribution in [-0.4, -0.2) is 34.0 Å². The van der Waals surface area contributed by atoms with E-state index in [2.05, 4.69) is 37.4 Å². The Balaban J connectivity index is 2.18. The van der Waals surface area contributed by atoms with Gasteiger partial charge < -0.3 is 10.2 Å². The van der Waals surface area contributed by atoms with Crippen LogP contribution in [0.2, 0.25) is 0 Å². The first kappa shape index (κ1) is 26.0. The molecule has 0 aromatic heterocycles. The van der Waals surface area contributed by atoms with E-state index in [1.54, 1.807) is 16.7 Å². The summed E-state index contributed by atoms with van der Waals surface area (Å²) in [7, 11) is 0. The number of hydrogen-bond acceptors (Lipinski definition) is 3. The molecule has 0 aliphatic rings. The fourth-order valence-electron chi connectivity index (χ4n) is 3.83. The zero-order chi connectivity index (χ0) is 23.9. The summed E-state index contributed by atoms with van der Waals surface area (Å²) in [5.74, 6) is 1.02. The van der Waals surface area contributed by atoms with Gasteiger partial charge in [-0.1, -0.05) is 60.5 Å². The molecule has 0 saturated carbocycles. The summed E-state index contributed by atoms with van der Waals surface area (Å²) in [5.41, 5.74) is 5.54. The van der Waals surface area contributed by atoms with Crippen LogP contribution in [0.1, 0.15) is 61.9 Å². The minimum Gasteiger partial charge on any atom is -0.350 e. The van der Waals surface area contributed by atoms with Crippen molar-refractivity contribution in [3.8, 4) is 0 Å². The van der Waals surface area contributed by atoms with Gasteiger partial charge in [0.1, 0.15) is 6.04 Å². The summed E-state index contributed by atoms with van der Waals surface area (Å²) in [6.45, 7) is 14.5. The van der Waals surface area contributed by atoms with E-state index in [1.165, 1.54) is 16.7 Å². The molecule has 4 nitrogen and oxygen atoms in total. The number of thioether (sulfide) groups is 1. The first-order valence-corrected chi connectivity index (χ1v) is 12.5. The third kappa shape index (κ3) is 8.01. The zero-order valence-electron chi connectivity index (χ0n) is 20.6. The molecule has 2 aromatic carbocycles. The van der Waals surface area contributed by atoms with Crippen LogP contribution in [0.25, 0.3) is 0 Å². The van der Waals surface area contributed by atoms with Gasteiger partial charge in [0.05, 0.1) is 5.75 Å². The van der Waals surface area contributed by atoms with Gasteiger partial charge in [0, 0.05) is 17.8 Å². The number of hydrogen-bond donors (Lipinski definition) is 1. The summed E-state index contributed by atoms with van der Waals surface area (Å²) in [5, 5.41) is 3.06. The highest BCUT2D eigenvalue weighted by molar-refractivity contribution is 7.99. The summed E-state index contributed by atoms with van der Waals surface area (Å²) < 4.78 is 0. The summed E-state index contributed by atoms with van der Waals surface area (Å²) in [6.07, 6.45) is 0.571. The Kier molecular flexibility index (Phi) is 9.38. The summed E-state index contributed by atoms with van der Waals surface area (Å²) >= 11 is 1.60. The van der Waals surface area contributed by atoms with E-state index in [0.717, 1.165) is 16.9 Å². The van der Waals surface area contributed by atoms with E-state index >= 15 is 0 Å². The second kappa shape index (κ2) is 11.6. The number of nitrogens with one attached hydrogen (secondary N) is 1. The highest BCUT2D eigenvalue weighted by atomic mass is 32.2. The van der Waals surface area contributed by atoms with Crippen LogP contribution in [0.5, 0.6) is 0 Å². The van der Waals surface area contributed by atoms with Gasteiger partial charge in [0.15, 0.2) is 0 Å². The van der Waals surface area contributed by atoms with Crippen LogP contribution in [0.4, 0.5) is 0 Å². The van der Waals surface area contributed by atoms with Gasteiger partial charge in [0.25, 0.3) is 0 Å². The maximum absolute atomic E-state index is 13.4. The maximum atomic E-state index is 13.4. The largest absolute Gasteiger partial charge is 0.350 e. The third-order valence-electron chi connectivity index (χ3n) is 5.26. The summed E-state index contributed by atoms with van der Waals surface area (Å²) in [6, 6.07) is 14.0. The van der Waals surface area contributed by atoms with Crippen LogP contribution in [0.15, 0.2) is 42.5 Å². The number of amides is 2. The molecule has 32 heavy (non-hydrogen) atoms. The van der Waals surface area contributed by atoms with E-state index in [-0.39, 0.29) is 17.4 Å². The third-order valence-corrected chi connectivity index (χ3v) is 6.25. The molecule has 2 rings (SSSR count). The topological polar surface area (TPSA) is 49.4 Å². The first-order valence-electron chi connectivity index (χ1n) is 11.3. The van der Waals surface area contributed by atoms with Crippen molar-refractivity contribution in [2.45, 2.75) is 78.8 Å². The molecule has 0 saturated heterocycles. The van der Waals surface area contributed by atoms with Crippen LogP contribution in [0, 0.1) is 20.8 Å². The molecule has 0 aliphatic heterocycles. The fraction of sp³-hybridized carbons (Fsp3) is 0.481. The second-order valence-electron chi connectivity index (χ2n) is 9.60. The van der Waals surface area contributed by atoms with Gasteiger partial charge in [-0.05, 0) is 64.7 Å². The van der Waals surface area contributed by atoms with Gasteiger partial charge in [-0.3, -0.25) is 9.59 Å². The van der Waals surface area contributed by atoms with Crippen molar-refractivity contribution >= 4 is 23.6 Å². The van der Waals surface area contributed by atoms with Crippen molar-refractivity contribution in [3.05, 3.63) is 70.3 Å². The van der Waals surface area contributed by atoms with Crippen LogP contribution >= 0.6 is 11.8 Å². The van der Waals surface area contributed by atoms with Gasteiger partial charge in [0.2, 0.25) is 11.8 Å². The highest BCUT2D eigenvalue weighted by Crippen LogP contribution is 2.20. The van der Waals surface area contributed by atoms with Crippen LogP contribution < -0.4 is 5.32 Å². The highest BCUT2D eigenvalue weighted by Gasteiger charge is 2.30. The van der Waals surface area contributed by atoms with E-state index < -0.39 is 6.04 Å². The lowest BCUT2D eigenvalue weighted by Crippen LogP contribution is -2.53. The van der Waals surface area contributed by atoms with Crippen LogP contribution in [-0.2, 0) is 21.9 Å². The smallest absolute Gasteiger partial charge is 0.243 e. The van der Waals surface area contributed by atoms with Crippen molar-refractivity contribution in [3.63, 3.8) is 0 Å². The molecule has 174 valence electrons. The minimum absolute atomic E-state index is 0.00135. The predicted molar refractivity (Wildman–Crippen MR) is 136 cm³/mol. The first-order chi connectivity index (χ1) is 15.0. The number of nitrogens with zero attached hydrogens (tertiary/aromatic N) is 1. The van der Waals surface area contributed by atoms with Crippen molar-refractivity contribution in [2.75, 3.05) is 5.75 Å². The van der Waals surface area contributed by atoms with Gasteiger partial charge in [-0.2, -0.15) is 0 Å². The number of rotatable bonds is 9. The molecule has 2 aromatic rings. The monoisotopic (exact) mass is 454 g/mol. The van der Waals surface area contributed by atoms with E-state index in [0.29, 0.717) is 18.7 Å². The molecule has 0 bridgehead atoms. The molecule has 0 unspecified atom stereocenters. The molecule has 5 heteroatoms. The molecule has 2 amide bonds. The quantitative estimate of drug-likeness (QED) is 0.539. The Morgan fingerprint density at radius 1 is 1.03 bits per heavy atom. The number of carbonyl (C=O) groups is 2. The molecule has 0 aliphatic carbocycles. The lowest BCUT2D eigenvalue weighted by atomic mass is 10.0. The second-order valence-corrected chi connectivity index (χ2v) is 10.6. The standard InChI is InChI=1S/C27H38N2O2S/c1-8-24(26(31)28-27(5,6)7)29(16-23-12-10-9-11-21(23)4)25(30)18-32-17-22-14-19(2)13-20(3)15-22/h9-15,24H,8,16-18H2,1-7H3,(H,28,31)/t24-/m1/s1.